The van der Waals surface area contributed by atoms with Gasteiger partial charge in [-0.3, -0.25) is 10.1 Å². The number of esters is 1. The highest BCUT2D eigenvalue weighted by atomic mass is 16.6. The number of ether oxygens (including phenoxy) is 2. The van der Waals surface area contributed by atoms with Gasteiger partial charge in [0.15, 0.2) is 6.04 Å². The summed E-state index contributed by atoms with van der Waals surface area (Å²) in [5, 5.41) is 14.2. The van der Waals surface area contributed by atoms with Gasteiger partial charge in [0.05, 0.1) is 6.26 Å². The van der Waals surface area contributed by atoms with Gasteiger partial charge in [0.2, 0.25) is 0 Å². The van der Waals surface area contributed by atoms with Crippen molar-refractivity contribution in [1.29, 1.82) is 0 Å². The van der Waals surface area contributed by atoms with Crippen LogP contribution in [0.15, 0.2) is 22.8 Å². The first kappa shape index (κ1) is 21.5. The molecule has 2 atom stereocenters. The minimum Gasteiger partial charge on any atom is -0.467 e. The van der Waals surface area contributed by atoms with Gasteiger partial charge in [0.25, 0.3) is 0 Å². The van der Waals surface area contributed by atoms with Crippen molar-refractivity contribution in [1.82, 2.24) is 5.32 Å². The maximum atomic E-state index is 12.6. The Kier molecular flexibility index (Phi) is 6.06. The van der Waals surface area contributed by atoms with Gasteiger partial charge in [-0.05, 0) is 53.7 Å². The standard InChI is InChI=1S/C17H26N2O7/c1-15(2,3)25-13(20)17(7,19(22)23)12(11-9-8-10-24-11)18-14(21)26-16(4,5)6/h8-10,12H,1-7H3,(H,18,21)/t12-,17-/m1/s1. The van der Waals surface area contributed by atoms with Crippen molar-refractivity contribution in [3.05, 3.63) is 34.3 Å². The van der Waals surface area contributed by atoms with Crippen molar-refractivity contribution >= 4 is 12.1 Å². The first-order valence-corrected chi connectivity index (χ1v) is 8.07. The molecule has 0 unspecified atom stereocenters. The van der Waals surface area contributed by atoms with Crippen LogP contribution >= 0.6 is 0 Å². The van der Waals surface area contributed by atoms with Crippen molar-refractivity contribution < 1.29 is 28.4 Å². The molecule has 1 rings (SSSR count). The number of nitrogens with zero attached hydrogens (tertiary/aromatic N) is 1. The zero-order chi connectivity index (χ0) is 20.3. The van der Waals surface area contributed by atoms with Crippen molar-refractivity contribution in [3.8, 4) is 0 Å². The van der Waals surface area contributed by atoms with Crippen molar-refractivity contribution in [2.75, 3.05) is 0 Å². The van der Waals surface area contributed by atoms with Crippen LogP contribution in [0.1, 0.15) is 60.3 Å². The molecule has 9 nitrogen and oxygen atoms in total. The summed E-state index contributed by atoms with van der Waals surface area (Å²) in [5.74, 6) is -1.08. The molecule has 0 saturated carbocycles. The second-order valence-corrected chi connectivity index (χ2v) is 8.00. The Balaban J connectivity index is 3.30. The molecule has 146 valence electrons. The number of hydrogen-bond acceptors (Lipinski definition) is 7. The van der Waals surface area contributed by atoms with Crippen LogP contribution in [0.5, 0.6) is 0 Å². The fraction of sp³-hybridized carbons (Fsp3) is 0.647. The van der Waals surface area contributed by atoms with Crippen LogP contribution in [-0.2, 0) is 14.3 Å². The SMILES string of the molecule is CC(C)(C)OC(=O)N[C@H](c1ccco1)[C@](C)(C(=O)OC(C)(C)C)[N+](=O)[O-]. The van der Waals surface area contributed by atoms with E-state index in [-0.39, 0.29) is 5.76 Å². The molecular formula is C17H26N2O7. The van der Waals surface area contributed by atoms with E-state index in [4.69, 9.17) is 13.9 Å². The molecular weight excluding hydrogens is 344 g/mol. The molecule has 9 heteroatoms. The Morgan fingerprint density at radius 3 is 2.04 bits per heavy atom. The summed E-state index contributed by atoms with van der Waals surface area (Å²) < 4.78 is 15.6. The van der Waals surface area contributed by atoms with E-state index < -0.39 is 39.8 Å². The number of nitrogens with one attached hydrogen (secondary N) is 1. The minimum absolute atomic E-state index is 0.0286. The first-order valence-electron chi connectivity index (χ1n) is 8.07. The van der Waals surface area contributed by atoms with E-state index in [0.29, 0.717) is 0 Å². The lowest BCUT2D eigenvalue weighted by Crippen LogP contribution is -2.56. The molecule has 0 bridgehead atoms. The van der Waals surface area contributed by atoms with Crippen LogP contribution < -0.4 is 5.32 Å². The topological polar surface area (TPSA) is 121 Å². The monoisotopic (exact) mass is 370 g/mol. The average molecular weight is 370 g/mol. The molecule has 1 aromatic heterocycles. The zero-order valence-corrected chi connectivity index (χ0v) is 16.1. The van der Waals surface area contributed by atoms with Gasteiger partial charge in [-0.1, -0.05) is 0 Å². The summed E-state index contributed by atoms with van der Waals surface area (Å²) in [6.45, 7) is 10.8. The number of nitro groups is 1. The lowest BCUT2D eigenvalue weighted by atomic mass is 9.90. The summed E-state index contributed by atoms with van der Waals surface area (Å²) in [6, 6.07) is 1.49. The summed E-state index contributed by atoms with van der Waals surface area (Å²) in [7, 11) is 0. The highest BCUT2D eigenvalue weighted by molar-refractivity contribution is 5.81. The summed E-state index contributed by atoms with van der Waals surface area (Å²) >= 11 is 0. The number of amides is 1. The van der Waals surface area contributed by atoms with Crippen LogP contribution in [0.4, 0.5) is 4.79 Å². The number of carbonyl (C=O) groups excluding carboxylic acids is 2. The number of rotatable bonds is 5. The van der Waals surface area contributed by atoms with Crippen molar-refractivity contribution in [2.24, 2.45) is 0 Å². The van der Waals surface area contributed by atoms with Crippen LogP contribution in [0.25, 0.3) is 0 Å². The van der Waals surface area contributed by atoms with E-state index in [1.807, 2.05) is 0 Å². The Hall–Kier alpha value is -2.58. The van der Waals surface area contributed by atoms with Gasteiger partial charge in [-0.15, -0.1) is 0 Å². The van der Waals surface area contributed by atoms with Gasteiger partial charge in [-0.2, -0.15) is 0 Å². The smallest absolute Gasteiger partial charge is 0.408 e. The number of carbonyl (C=O) groups is 2. The molecule has 0 aliphatic heterocycles. The molecule has 0 saturated heterocycles. The molecule has 1 amide bonds. The van der Waals surface area contributed by atoms with Gasteiger partial charge in [-0.25, -0.2) is 9.59 Å². The summed E-state index contributed by atoms with van der Waals surface area (Å²) in [4.78, 5) is 35.8. The zero-order valence-electron chi connectivity index (χ0n) is 16.1. The molecule has 26 heavy (non-hydrogen) atoms. The van der Waals surface area contributed by atoms with E-state index in [1.54, 1.807) is 41.5 Å². The van der Waals surface area contributed by atoms with Crippen LogP contribution in [0.2, 0.25) is 0 Å². The molecule has 0 aromatic carbocycles. The maximum Gasteiger partial charge on any atom is 0.408 e. The van der Waals surface area contributed by atoms with E-state index in [2.05, 4.69) is 5.32 Å². The van der Waals surface area contributed by atoms with Crippen LogP contribution in [0.3, 0.4) is 0 Å². The van der Waals surface area contributed by atoms with Gasteiger partial charge >= 0.3 is 17.6 Å². The molecule has 1 aromatic rings. The third kappa shape index (κ3) is 5.47. The van der Waals surface area contributed by atoms with Crippen LogP contribution in [0, 0.1) is 10.1 Å². The summed E-state index contributed by atoms with van der Waals surface area (Å²) in [5.41, 5.74) is -4.11. The highest BCUT2D eigenvalue weighted by Gasteiger charge is 2.58. The number of furan rings is 1. The molecule has 0 fully saturated rings. The molecule has 1 heterocycles. The average Bonchev–Trinajstić information content (AvgIpc) is 2.93. The van der Waals surface area contributed by atoms with Gasteiger partial charge in [0.1, 0.15) is 17.0 Å². The Morgan fingerprint density at radius 1 is 1.12 bits per heavy atom. The van der Waals surface area contributed by atoms with E-state index >= 15 is 0 Å². The fourth-order valence-electron chi connectivity index (χ4n) is 2.05. The van der Waals surface area contributed by atoms with E-state index in [1.165, 1.54) is 18.4 Å². The minimum atomic E-state index is -2.33. The Bertz CT molecular complexity index is 656. The van der Waals surface area contributed by atoms with Gasteiger partial charge in [0, 0.05) is 11.8 Å². The van der Waals surface area contributed by atoms with Gasteiger partial charge < -0.3 is 19.2 Å². The normalized spacial score (nSPS) is 15.5. The van der Waals surface area contributed by atoms with E-state index in [0.717, 1.165) is 6.92 Å². The number of hydrogen-bond donors (Lipinski definition) is 1. The lowest BCUT2D eigenvalue weighted by molar-refractivity contribution is -0.557. The molecule has 0 aliphatic rings. The van der Waals surface area contributed by atoms with Crippen molar-refractivity contribution in [3.63, 3.8) is 0 Å². The van der Waals surface area contributed by atoms with Crippen LogP contribution in [-0.4, -0.2) is 33.7 Å². The third-order valence-corrected chi connectivity index (χ3v) is 3.24. The Labute approximate surface area is 152 Å². The second kappa shape index (κ2) is 7.35. The lowest BCUT2D eigenvalue weighted by Gasteiger charge is -2.31. The summed E-state index contributed by atoms with van der Waals surface area (Å²) in [6.07, 6.45) is 0.365. The molecule has 0 spiro atoms. The second-order valence-electron chi connectivity index (χ2n) is 8.00. The molecule has 0 aliphatic carbocycles. The predicted molar refractivity (Wildman–Crippen MR) is 92.1 cm³/mol. The third-order valence-electron chi connectivity index (χ3n) is 3.24. The molecule has 1 N–H and O–H groups in total. The Morgan fingerprint density at radius 2 is 1.65 bits per heavy atom. The first-order chi connectivity index (χ1) is 11.7. The van der Waals surface area contributed by atoms with Crippen molar-refractivity contribution in [2.45, 2.75) is 71.2 Å². The highest BCUT2D eigenvalue weighted by Crippen LogP contribution is 2.32. The fourth-order valence-corrected chi connectivity index (χ4v) is 2.05. The predicted octanol–water partition coefficient (Wildman–Crippen LogP) is 3.22. The number of alkyl carbamates (subject to hydrolysis) is 1. The van der Waals surface area contributed by atoms with E-state index in [9.17, 15) is 19.7 Å². The maximum absolute atomic E-state index is 12.6. The molecule has 0 radical (unpaired) electrons. The quantitative estimate of drug-likeness (QED) is 0.480. The largest absolute Gasteiger partial charge is 0.467 e.